The first-order valence-electron chi connectivity index (χ1n) is 13.2. The second-order valence-corrected chi connectivity index (χ2v) is 10.3. The third-order valence-corrected chi connectivity index (χ3v) is 8.03. The molecular formula is C27H37N5O4. The average molecular weight is 496 g/mol. The summed E-state index contributed by atoms with van der Waals surface area (Å²) in [6.07, 6.45) is 7.02. The molecule has 1 aromatic heterocycles. The van der Waals surface area contributed by atoms with E-state index >= 15 is 0 Å². The number of urea groups is 1. The highest BCUT2D eigenvalue weighted by molar-refractivity contribution is 6.07. The molecule has 0 saturated carbocycles. The molecule has 0 bridgehead atoms. The number of aromatic nitrogens is 2. The summed E-state index contributed by atoms with van der Waals surface area (Å²) in [5.74, 6) is 0.899. The zero-order valence-corrected chi connectivity index (χ0v) is 21.3. The highest BCUT2D eigenvalue weighted by Crippen LogP contribution is 2.38. The van der Waals surface area contributed by atoms with E-state index in [1.165, 1.54) is 4.90 Å². The quantitative estimate of drug-likeness (QED) is 0.516. The Morgan fingerprint density at radius 1 is 1.17 bits per heavy atom. The fraction of sp³-hybridized carbons (Fsp3) is 0.593. The summed E-state index contributed by atoms with van der Waals surface area (Å²) >= 11 is 0. The number of nitrogens with zero attached hydrogens (tertiary/aromatic N) is 3. The van der Waals surface area contributed by atoms with Gasteiger partial charge in [0, 0.05) is 24.3 Å². The Morgan fingerprint density at radius 2 is 1.94 bits per heavy atom. The van der Waals surface area contributed by atoms with E-state index in [1.54, 1.807) is 7.11 Å². The van der Waals surface area contributed by atoms with E-state index in [1.807, 2.05) is 30.5 Å². The van der Waals surface area contributed by atoms with Crippen LogP contribution in [0.15, 0.2) is 30.5 Å². The Morgan fingerprint density at radius 3 is 2.61 bits per heavy atom. The maximum atomic E-state index is 13.7. The van der Waals surface area contributed by atoms with Crippen molar-refractivity contribution in [3.8, 4) is 17.0 Å². The van der Waals surface area contributed by atoms with Crippen LogP contribution in [-0.2, 0) is 16.1 Å². The fourth-order valence-electron chi connectivity index (χ4n) is 6.11. The molecule has 3 saturated heterocycles. The van der Waals surface area contributed by atoms with Crippen LogP contribution in [-0.4, -0.2) is 76.9 Å². The van der Waals surface area contributed by atoms with E-state index in [0.717, 1.165) is 74.3 Å². The molecule has 2 aromatic rings. The Bertz CT molecular complexity index is 1060. The van der Waals surface area contributed by atoms with Crippen LogP contribution in [0.4, 0.5) is 4.79 Å². The molecule has 3 fully saturated rings. The van der Waals surface area contributed by atoms with Crippen molar-refractivity contribution in [1.82, 2.24) is 25.3 Å². The lowest BCUT2D eigenvalue weighted by atomic mass is 9.74. The third-order valence-electron chi connectivity index (χ3n) is 8.03. The number of ether oxygens (including phenoxy) is 2. The predicted octanol–water partition coefficient (Wildman–Crippen LogP) is 3.57. The number of nitrogens with one attached hydrogen (secondary N) is 2. The maximum Gasteiger partial charge on any atom is 0.325 e. The number of methoxy groups -OCH3 is 1. The summed E-state index contributed by atoms with van der Waals surface area (Å²) in [5.41, 5.74) is 2.45. The number of H-pyrrole nitrogens is 1. The number of imide groups is 1. The monoisotopic (exact) mass is 495 g/mol. The second kappa shape index (κ2) is 10.6. The van der Waals surface area contributed by atoms with Gasteiger partial charge in [-0.3, -0.25) is 19.7 Å². The molecule has 9 heteroatoms. The van der Waals surface area contributed by atoms with Gasteiger partial charge >= 0.3 is 6.03 Å². The van der Waals surface area contributed by atoms with Gasteiger partial charge in [-0.15, -0.1) is 0 Å². The minimum atomic E-state index is -0.791. The van der Waals surface area contributed by atoms with Gasteiger partial charge in [0.2, 0.25) is 0 Å². The molecule has 3 aliphatic rings. The number of benzene rings is 1. The molecule has 9 nitrogen and oxygen atoms in total. The molecule has 0 aliphatic carbocycles. The van der Waals surface area contributed by atoms with Gasteiger partial charge in [0.05, 0.1) is 31.6 Å². The average Bonchev–Trinajstić information content (AvgIpc) is 3.63. The lowest BCUT2D eigenvalue weighted by Gasteiger charge is -2.41. The first-order valence-corrected chi connectivity index (χ1v) is 13.2. The Kier molecular flexibility index (Phi) is 7.29. The predicted molar refractivity (Wildman–Crippen MR) is 135 cm³/mol. The summed E-state index contributed by atoms with van der Waals surface area (Å²) in [7, 11) is 1.66. The van der Waals surface area contributed by atoms with Crippen LogP contribution in [0.3, 0.4) is 0 Å². The first kappa shape index (κ1) is 24.8. The molecular weight excluding hydrogens is 458 g/mol. The van der Waals surface area contributed by atoms with E-state index in [4.69, 9.17) is 9.47 Å². The first-order chi connectivity index (χ1) is 17.5. The van der Waals surface area contributed by atoms with E-state index in [9.17, 15) is 9.59 Å². The van der Waals surface area contributed by atoms with E-state index in [0.29, 0.717) is 19.6 Å². The highest BCUT2D eigenvalue weighted by Gasteiger charge is 2.55. The zero-order chi connectivity index (χ0) is 25.1. The Balaban J connectivity index is 1.24. The van der Waals surface area contributed by atoms with Gasteiger partial charge in [0.15, 0.2) is 0 Å². The number of hydrogen-bond donors (Lipinski definition) is 2. The minimum Gasteiger partial charge on any atom is -0.497 e. The summed E-state index contributed by atoms with van der Waals surface area (Å²) in [4.78, 5) is 30.4. The normalized spacial score (nSPS) is 25.5. The topological polar surface area (TPSA) is 99.8 Å². The molecule has 2 atom stereocenters. The van der Waals surface area contributed by atoms with Gasteiger partial charge in [-0.25, -0.2) is 4.79 Å². The molecule has 2 N–H and O–H groups in total. The number of amides is 3. The third kappa shape index (κ3) is 4.74. The number of carbonyl (C=O) groups is 2. The van der Waals surface area contributed by atoms with Crippen LogP contribution in [0.1, 0.15) is 51.0 Å². The van der Waals surface area contributed by atoms with Crippen molar-refractivity contribution in [2.24, 2.45) is 5.92 Å². The van der Waals surface area contributed by atoms with E-state index in [-0.39, 0.29) is 24.0 Å². The summed E-state index contributed by atoms with van der Waals surface area (Å²) < 4.78 is 11.0. The van der Waals surface area contributed by atoms with Gasteiger partial charge in [-0.2, -0.15) is 5.10 Å². The lowest BCUT2D eigenvalue weighted by Crippen LogP contribution is -2.56. The smallest absolute Gasteiger partial charge is 0.325 e. The molecule has 0 spiro atoms. The van der Waals surface area contributed by atoms with Crippen LogP contribution >= 0.6 is 0 Å². The van der Waals surface area contributed by atoms with Crippen molar-refractivity contribution in [2.75, 3.05) is 33.4 Å². The van der Waals surface area contributed by atoms with Crippen molar-refractivity contribution in [3.63, 3.8) is 0 Å². The number of piperidine rings is 1. The van der Waals surface area contributed by atoms with Gasteiger partial charge in [0.25, 0.3) is 5.91 Å². The molecule has 3 aliphatic heterocycles. The fourth-order valence-corrected chi connectivity index (χ4v) is 6.11. The lowest BCUT2D eigenvalue weighted by molar-refractivity contribution is -0.135. The molecule has 36 heavy (non-hydrogen) atoms. The summed E-state index contributed by atoms with van der Waals surface area (Å²) in [5, 5.41) is 10.6. The molecule has 3 amide bonds. The maximum absolute atomic E-state index is 13.7. The number of likely N-dealkylation sites (tertiary alicyclic amines) is 1. The number of rotatable bonds is 9. The Labute approximate surface area is 212 Å². The highest BCUT2D eigenvalue weighted by atomic mass is 16.5. The van der Waals surface area contributed by atoms with Crippen LogP contribution in [0.2, 0.25) is 0 Å². The minimum absolute atomic E-state index is 0.0335. The van der Waals surface area contributed by atoms with Crippen molar-refractivity contribution in [1.29, 1.82) is 0 Å². The Hall–Kier alpha value is -2.91. The molecule has 0 unspecified atom stereocenters. The summed E-state index contributed by atoms with van der Waals surface area (Å²) in [6.45, 7) is 5.69. The van der Waals surface area contributed by atoms with Gasteiger partial charge in [0.1, 0.15) is 11.3 Å². The van der Waals surface area contributed by atoms with Crippen molar-refractivity contribution in [2.45, 2.75) is 63.6 Å². The van der Waals surface area contributed by atoms with Crippen molar-refractivity contribution in [3.05, 3.63) is 36.0 Å². The second-order valence-electron chi connectivity index (χ2n) is 10.3. The molecule has 0 radical (unpaired) electrons. The van der Waals surface area contributed by atoms with E-state index < -0.39 is 5.54 Å². The van der Waals surface area contributed by atoms with Crippen LogP contribution in [0, 0.1) is 5.92 Å². The van der Waals surface area contributed by atoms with E-state index in [2.05, 4.69) is 27.3 Å². The van der Waals surface area contributed by atoms with Crippen LogP contribution in [0.25, 0.3) is 11.3 Å². The SMILES string of the molecule is CCC[C@@]1(C2CCN(Cc3cn[nH]c3-c3ccc(OC)cc3)CC2)NC(=O)N(C[C@@H]2CCCO2)C1=O. The molecule has 194 valence electrons. The van der Waals surface area contributed by atoms with Gasteiger partial charge in [-0.1, -0.05) is 13.3 Å². The largest absolute Gasteiger partial charge is 0.497 e. The number of aromatic amines is 1. The van der Waals surface area contributed by atoms with Crippen LogP contribution in [0.5, 0.6) is 5.75 Å². The molecule has 5 rings (SSSR count). The molecule has 1 aromatic carbocycles. The standard InChI is InChI=1S/C27H37N5O4/c1-3-12-27(25(33)32(26(34)29-27)18-23-5-4-15-36-23)21-10-13-31(14-11-21)17-20-16-28-30-24(20)19-6-8-22(35-2)9-7-19/h6-9,16,21,23H,3-5,10-15,17-18H2,1-2H3,(H,28,30)(H,29,34)/t23-,27-/m0/s1. The summed E-state index contributed by atoms with van der Waals surface area (Å²) in [6, 6.07) is 7.72. The van der Waals surface area contributed by atoms with Crippen molar-refractivity contribution < 1.29 is 19.1 Å². The number of hydrogen-bond acceptors (Lipinski definition) is 6. The van der Waals surface area contributed by atoms with Gasteiger partial charge in [-0.05, 0) is 75.4 Å². The van der Waals surface area contributed by atoms with Crippen molar-refractivity contribution >= 4 is 11.9 Å². The van der Waals surface area contributed by atoms with Crippen LogP contribution < -0.4 is 10.1 Å². The zero-order valence-electron chi connectivity index (χ0n) is 21.3. The molecule has 4 heterocycles. The van der Waals surface area contributed by atoms with Gasteiger partial charge < -0.3 is 14.8 Å². The number of carbonyl (C=O) groups excluding carboxylic acids is 2.